The number of aliphatic hydroxyl groups is 1. The van der Waals surface area contributed by atoms with E-state index in [4.69, 9.17) is 27.9 Å². The third-order valence-corrected chi connectivity index (χ3v) is 7.36. The van der Waals surface area contributed by atoms with E-state index in [0.717, 1.165) is 11.6 Å². The normalized spacial score (nSPS) is 26.0. The van der Waals surface area contributed by atoms with Crippen LogP contribution in [0.4, 0.5) is 4.39 Å². The molecule has 1 atom stereocenters. The van der Waals surface area contributed by atoms with E-state index >= 15 is 0 Å². The predicted octanol–water partition coefficient (Wildman–Crippen LogP) is 4.01. The summed E-state index contributed by atoms with van der Waals surface area (Å²) in [5.41, 5.74) is -0.507. The van der Waals surface area contributed by atoms with Crippen LogP contribution >= 0.6 is 23.2 Å². The minimum absolute atomic E-state index is 0.0234. The summed E-state index contributed by atoms with van der Waals surface area (Å²) in [5, 5.41) is 17.4. The second-order valence-corrected chi connectivity index (χ2v) is 9.72. The minimum atomic E-state index is -0.864. The molecule has 2 aromatic rings. The molecule has 3 aliphatic carbocycles. The van der Waals surface area contributed by atoms with Crippen LogP contribution in [-0.2, 0) is 16.1 Å². The molecule has 3 aliphatic rings. The highest BCUT2D eigenvalue weighted by Gasteiger charge is 2.58. The molecule has 3 saturated carbocycles. The average Bonchev–Trinajstić information content (AvgIpc) is 2.80. The Kier molecular flexibility index (Phi) is 6.84. The number of aliphatic hydroxyl groups excluding tert-OH is 1. The molecule has 176 valence electrons. The van der Waals surface area contributed by atoms with E-state index in [-0.39, 0.29) is 29.2 Å². The summed E-state index contributed by atoms with van der Waals surface area (Å²) in [6, 6.07) is 11.2. The van der Waals surface area contributed by atoms with Gasteiger partial charge in [-0.15, -0.1) is 0 Å². The molecule has 2 bridgehead atoms. The quantitative estimate of drug-likeness (QED) is 0.542. The highest BCUT2D eigenvalue weighted by Crippen LogP contribution is 2.52. The van der Waals surface area contributed by atoms with Gasteiger partial charge in [0.2, 0.25) is 5.91 Å². The first-order valence-electron chi connectivity index (χ1n) is 10.8. The monoisotopic (exact) mass is 494 g/mol. The molecule has 33 heavy (non-hydrogen) atoms. The molecule has 5 rings (SSSR count). The summed E-state index contributed by atoms with van der Waals surface area (Å²) in [6.07, 6.45) is 1.55. The van der Waals surface area contributed by atoms with Crippen molar-refractivity contribution in [3.05, 3.63) is 63.9 Å². The maximum Gasteiger partial charge on any atom is 0.258 e. The van der Waals surface area contributed by atoms with Crippen molar-refractivity contribution >= 4 is 35.0 Å². The van der Waals surface area contributed by atoms with Gasteiger partial charge in [0.05, 0.1) is 16.5 Å². The van der Waals surface area contributed by atoms with Crippen LogP contribution in [0.5, 0.6) is 5.75 Å². The third-order valence-electron chi connectivity index (χ3n) is 6.81. The maximum atomic E-state index is 13.5. The number of rotatable bonds is 7. The van der Waals surface area contributed by atoms with Crippen LogP contribution in [0, 0.1) is 11.2 Å². The maximum absolute atomic E-state index is 13.5. The first-order valence-corrected chi connectivity index (χ1v) is 11.6. The van der Waals surface area contributed by atoms with Crippen molar-refractivity contribution in [1.82, 2.24) is 10.6 Å². The zero-order valence-corrected chi connectivity index (χ0v) is 19.4. The fourth-order valence-corrected chi connectivity index (χ4v) is 5.08. The van der Waals surface area contributed by atoms with Gasteiger partial charge in [-0.1, -0.05) is 35.3 Å². The van der Waals surface area contributed by atoms with E-state index in [1.54, 1.807) is 12.1 Å². The first kappa shape index (κ1) is 23.8. The smallest absolute Gasteiger partial charge is 0.258 e. The van der Waals surface area contributed by atoms with E-state index in [2.05, 4.69) is 10.6 Å². The topological polar surface area (TPSA) is 87.7 Å². The largest absolute Gasteiger partial charge is 0.484 e. The molecule has 0 saturated heterocycles. The van der Waals surface area contributed by atoms with Gasteiger partial charge >= 0.3 is 0 Å². The number of fused-ring (bicyclic) bond motifs is 3. The Morgan fingerprint density at radius 2 is 1.79 bits per heavy atom. The lowest BCUT2D eigenvalue weighted by Crippen LogP contribution is -2.65. The van der Waals surface area contributed by atoms with Crippen molar-refractivity contribution in [2.75, 3.05) is 6.61 Å². The van der Waals surface area contributed by atoms with Crippen LogP contribution in [0.1, 0.15) is 37.7 Å². The van der Waals surface area contributed by atoms with Crippen LogP contribution in [0.15, 0.2) is 42.5 Å². The first-order chi connectivity index (χ1) is 15.7. The summed E-state index contributed by atoms with van der Waals surface area (Å²) in [4.78, 5) is 25.5. The zero-order chi connectivity index (χ0) is 23.6. The van der Waals surface area contributed by atoms with Gasteiger partial charge < -0.3 is 20.5 Å². The van der Waals surface area contributed by atoms with Gasteiger partial charge in [0.1, 0.15) is 11.6 Å². The van der Waals surface area contributed by atoms with Gasteiger partial charge in [-0.25, -0.2) is 4.39 Å². The SMILES string of the molecule is O=C(COc1ccc(Cl)c(F)c1)NC12CCC(C(=O)NCc3ccc(Cl)cc3)(CC1)C(O)C2. The molecule has 0 radical (unpaired) electrons. The Bertz CT molecular complexity index is 1040. The Balaban J connectivity index is 1.31. The summed E-state index contributed by atoms with van der Waals surface area (Å²) < 4.78 is 18.9. The molecule has 3 fully saturated rings. The van der Waals surface area contributed by atoms with Gasteiger partial charge in [-0.3, -0.25) is 9.59 Å². The molecule has 0 spiro atoms. The Hall–Kier alpha value is -2.35. The molecule has 0 heterocycles. The third kappa shape index (κ3) is 5.10. The Labute approximate surface area is 201 Å². The van der Waals surface area contributed by atoms with Crippen molar-refractivity contribution in [3.8, 4) is 5.75 Å². The molecule has 0 aliphatic heterocycles. The number of carbonyl (C=O) groups excluding carboxylic acids is 2. The van der Waals surface area contributed by atoms with Crippen LogP contribution < -0.4 is 15.4 Å². The van der Waals surface area contributed by atoms with Crippen molar-refractivity contribution in [1.29, 1.82) is 0 Å². The fraction of sp³-hybridized carbons (Fsp3) is 0.417. The zero-order valence-electron chi connectivity index (χ0n) is 17.9. The summed E-state index contributed by atoms with van der Waals surface area (Å²) in [5.74, 6) is -0.952. The number of benzene rings is 2. The highest BCUT2D eigenvalue weighted by atomic mass is 35.5. The van der Waals surface area contributed by atoms with Crippen molar-refractivity contribution in [3.63, 3.8) is 0 Å². The highest BCUT2D eigenvalue weighted by molar-refractivity contribution is 6.30. The number of ether oxygens (including phenoxy) is 1. The summed E-state index contributed by atoms with van der Waals surface area (Å²) in [6.45, 7) is 0.0701. The summed E-state index contributed by atoms with van der Waals surface area (Å²) >= 11 is 11.5. The van der Waals surface area contributed by atoms with E-state index in [1.165, 1.54) is 12.1 Å². The lowest BCUT2D eigenvalue weighted by Gasteiger charge is -2.55. The molecule has 6 nitrogen and oxygen atoms in total. The molecule has 2 aromatic carbocycles. The van der Waals surface area contributed by atoms with Gasteiger partial charge in [-0.05, 0) is 61.9 Å². The second kappa shape index (κ2) is 9.49. The minimum Gasteiger partial charge on any atom is -0.484 e. The number of nitrogens with one attached hydrogen (secondary N) is 2. The number of carbonyl (C=O) groups is 2. The summed E-state index contributed by atoms with van der Waals surface area (Å²) in [7, 11) is 0. The standard InChI is InChI=1S/C24H25Cl2FN2O4/c25-16-3-1-15(2-4-16)13-28-22(32)24-9-7-23(8-10-24,12-20(24)30)29-21(31)14-33-17-5-6-18(26)19(27)11-17/h1-6,11,20,30H,7-10,12-14H2,(H,28,32)(H,29,31). The Morgan fingerprint density at radius 1 is 1.09 bits per heavy atom. The Morgan fingerprint density at radius 3 is 2.42 bits per heavy atom. The van der Waals surface area contributed by atoms with Crippen LogP contribution in [0.2, 0.25) is 10.0 Å². The molecule has 1 unspecified atom stereocenters. The molecule has 0 aromatic heterocycles. The van der Waals surface area contributed by atoms with Gasteiger partial charge in [0.15, 0.2) is 6.61 Å². The average molecular weight is 495 g/mol. The number of amides is 2. The van der Waals surface area contributed by atoms with E-state index in [9.17, 15) is 19.1 Å². The lowest BCUT2D eigenvalue weighted by molar-refractivity contribution is -0.156. The predicted molar refractivity (Wildman–Crippen MR) is 123 cm³/mol. The van der Waals surface area contributed by atoms with Crippen molar-refractivity contribution in [2.45, 2.75) is 50.3 Å². The van der Waals surface area contributed by atoms with E-state index in [0.29, 0.717) is 43.7 Å². The van der Waals surface area contributed by atoms with Gasteiger partial charge in [0.25, 0.3) is 5.91 Å². The molecule has 3 N–H and O–H groups in total. The van der Waals surface area contributed by atoms with E-state index < -0.39 is 22.9 Å². The molecular formula is C24H25Cl2FN2O4. The van der Waals surface area contributed by atoms with Crippen molar-refractivity contribution in [2.24, 2.45) is 5.41 Å². The lowest BCUT2D eigenvalue weighted by atomic mass is 9.55. The molecular weight excluding hydrogens is 470 g/mol. The number of hydrogen-bond acceptors (Lipinski definition) is 4. The number of hydrogen-bond donors (Lipinski definition) is 3. The van der Waals surface area contributed by atoms with Crippen LogP contribution in [0.25, 0.3) is 0 Å². The van der Waals surface area contributed by atoms with Gasteiger partial charge in [0, 0.05) is 23.2 Å². The van der Waals surface area contributed by atoms with Crippen LogP contribution in [0.3, 0.4) is 0 Å². The molecule has 9 heteroatoms. The van der Waals surface area contributed by atoms with Crippen molar-refractivity contribution < 1.29 is 23.8 Å². The second-order valence-electron chi connectivity index (χ2n) is 8.88. The van der Waals surface area contributed by atoms with Crippen LogP contribution in [-0.4, -0.2) is 35.2 Å². The van der Waals surface area contributed by atoms with E-state index in [1.807, 2.05) is 12.1 Å². The fourth-order valence-electron chi connectivity index (χ4n) is 4.84. The molecule has 2 amide bonds. The number of halogens is 3. The van der Waals surface area contributed by atoms with Gasteiger partial charge in [-0.2, -0.15) is 0 Å².